The molecule has 0 spiro atoms. The molecular formula is C33H33FO. The number of hydrogen-bond donors (Lipinski definition) is 0. The number of hydrogen-bond acceptors (Lipinski definition) is 1. The lowest BCUT2D eigenvalue weighted by atomic mass is 9.93. The van der Waals surface area contributed by atoms with Gasteiger partial charge in [0, 0.05) is 17.5 Å². The molecular weight excluding hydrogens is 431 g/mol. The number of carbonyl (C=O) groups excluding carboxylic acids is 1. The summed E-state index contributed by atoms with van der Waals surface area (Å²) in [4.78, 5) is 13.0. The molecule has 0 bridgehead atoms. The Balaban J connectivity index is 1.48. The van der Waals surface area contributed by atoms with E-state index in [1.54, 1.807) is 19.1 Å². The first kappa shape index (κ1) is 24.6. The molecule has 0 atom stereocenters. The van der Waals surface area contributed by atoms with Crippen molar-refractivity contribution in [2.45, 2.75) is 52.9 Å². The molecule has 0 aromatic heterocycles. The predicted octanol–water partition coefficient (Wildman–Crippen LogP) is 8.80. The quantitative estimate of drug-likeness (QED) is 0.226. The van der Waals surface area contributed by atoms with Gasteiger partial charge < -0.3 is 0 Å². The SMILES string of the molecule is CCCc1ccc(-c2ccc(CC(=O)c3ccc(-c4ccc(CCC)cc4)c(F)c3C)cc2)cc1. The molecule has 0 N–H and O–H groups in total. The van der Waals surface area contributed by atoms with Gasteiger partial charge in [0.1, 0.15) is 5.82 Å². The lowest BCUT2D eigenvalue weighted by Gasteiger charge is -2.12. The fourth-order valence-electron chi connectivity index (χ4n) is 4.60. The van der Waals surface area contributed by atoms with Gasteiger partial charge in [-0.25, -0.2) is 4.39 Å². The molecule has 0 aliphatic carbocycles. The molecule has 4 aromatic carbocycles. The van der Waals surface area contributed by atoms with Crippen molar-refractivity contribution >= 4 is 5.78 Å². The second-order valence-corrected chi connectivity index (χ2v) is 9.29. The van der Waals surface area contributed by atoms with Crippen LogP contribution in [0.5, 0.6) is 0 Å². The second-order valence-electron chi connectivity index (χ2n) is 9.29. The highest BCUT2D eigenvalue weighted by atomic mass is 19.1. The van der Waals surface area contributed by atoms with E-state index in [0.717, 1.165) is 42.4 Å². The summed E-state index contributed by atoms with van der Waals surface area (Å²) in [5.74, 6) is -0.385. The Hall–Kier alpha value is -3.52. The molecule has 2 heteroatoms. The first-order valence-electron chi connectivity index (χ1n) is 12.6. The van der Waals surface area contributed by atoms with E-state index in [2.05, 4.69) is 62.4 Å². The zero-order valence-corrected chi connectivity index (χ0v) is 20.9. The summed E-state index contributed by atoms with van der Waals surface area (Å²) < 4.78 is 15.3. The van der Waals surface area contributed by atoms with Crippen LogP contribution in [0.3, 0.4) is 0 Å². The molecule has 178 valence electrons. The van der Waals surface area contributed by atoms with E-state index in [9.17, 15) is 4.79 Å². The number of carbonyl (C=O) groups is 1. The molecule has 0 saturated heterocycles. The molecule has 4 aromatic rings. The molecule has 1 nitrogen and oxygen atoms in total. The Bertz CT molecular complexity index is 1280. The van der Waals surface area contributed by atoms with Crippen molar-refractivity contribution in [3.05, 3.63) is 119 Å². The maximum atomic E-state index is 15.3. The van der Waals surface area contributed by atoms with Crippen LogP contribution in [0.4, 0.5) is 4.39 Å². The average molecular weight is 465 g/mol. The summed E-state index contributed by atoms with van der Waals surface area (Å²) in [7, 11) is 0. The largest absolute Gasteiger partial charge is 0.294 e. The first-order valence-corrected chi connectivity index (χ1v) is 12.6. The van der Waals surface area contributed by atoms with Gasteiger partial charge in [0.2, 0.25) is 0 Å². The van der Waals surface area contributed by atoms with Gasteiger partial charge in [0.15, 0.2) is 5.78 Å². The molecule has 0 aliphatic rings. The molecule has 4 rings (SSSR count). The number of benzene rings is 4. The van der Waals surface area contributed by atoms with E-state index in [0.29, 0.717) is 16.7 Å². The monoisotopic (exact) mass is 464 g/mol. The van der Waals surface area contributed by atoms with E-state index in [-0.39, 0.29) is 18.0 Å². The maximum absolute atomic E-state index is 15.3. The first-order chi connectivity index (χ1) is 17.0. The third kappa shape index (κ3) is 5.77. The van der Waals surface area contributed by atoms with Gasteiger partial charge >= 0.3 is 0 Å². The zero-order valence-electron chi connectivity index (χ0n) is 20.9. The summed E-state index contributed by atoms with van der Waals surface area (Å²) in [6.07, 6.45) is 4.58. The summed E-state index contributed by atoms with van der Waals surface area (Å²) in [6, 6.07) is 28.3. The summed E-state index contributed by atoms with van der Waals surface area (Å²) >= 11 is 0. The Morgan fingerprint density at radius 2 is 1.09 bits per heavy atom. The number of halogens is 1. The van der Waals surface area contributed by atoms with Crippen molar-refractivity contribution in [1.82, 2.24) is 0 Å². The van der Waals surface area contributed by atoms with Gasteiger partial charge in [-0.2, -0.15) is 0 Å². The van der Waals surface area contributed by atoms with Crippen LogP contribution < -0.4 is 0 Å². The van der Waals surface area contributed by atoms with Crippen LogP contribution >= 0.6 is 0 Å². The Morgan fingerprint density at radius 3 is 1.57 bits per heavy atom. The van der Waals surface area contributed by atoms with Crippen LogP contribution in [-0.4, -0.2) is 5.78 Å². The lowest BCUT2D eigenvalue weighted by molar-refractivity contribution is 0.0992. The lowest BCUT2D eigenvalue weighted by Crippen LogP contribution is -2.07. The highest BCUT2D eigenvalue weighted by Gasteiger charge is 2.17. The molecule has 0 saturated carbocycles. The highest BCUT2D eigenvalue weighted by Crippen LogP contribution is 2.28. The number of rotatable bonds is 9. The highest BCUT2D eigenvalue weighted by molar-refractivity contribution is 5.99. The summed E-state index contributed by atoms with van der Waals surface area (Å²) in [5, 5.41) is 0. The van der Waals surface area contributed by atoms with Crippen molar-refractivity contribution in [2.75, 3.05) is 0 Å². The van der Waals surface area contributed by atoms with Crippen molar-refractivity contribution in [1.29, 1.82) is 0 Å². The summed E-state index contributed by atoms with van der Waals surface area (Å²) in [6.45, 7) is 6.03. The fraction of sp³-hybridized carbons (Fsp3) is 0.242. The van der Waals surface area contributed by atoms with E-state index in [1.165, 1.54) is 16.7 Å². The van der Waals surface area contributed by atoms with Crippen LogP contribution in [0.1, 0.15) is 59.3 Å². The molecule has 0 unspecified atom stereocenters. The smallest absolute Gasteiger partial charge is 0.167 e. The van der Waals surface area contributed by atoms with Crippen LogP contribution in [0.15, 0.2) is 84.9 Å². The Morgan fingerprint density at radius 1 is 0.629 bits per heavy atom. The fourth-order valence-corrected chi connectivity index (χ4v) is 4.60. The van der Waals surface area contributed by atoms with Crippen LogP contribution in [0, 0.1) is 12.7 Å². The minimum absolute atomic E-state index is 0.0667. The van der Waals surface area contributed by atoms with Gasteiger partial charge in [-0.05, 0) is 58.7 Å². The van der Waals surface area contributed by atoms with Gasteiger partial charge in [-0.15, -0.1) is 0 Å². The minimum Gasteiger partial charge on any atom is -0.294 e. The van der Waals surface area contributed by atoms with Crippen LogP contribution in [-0.2, 0) is 19.3 Å². The number of aryl methyl sites for hydroxylation is 2. The van der Waals surface area contributed by atoms with Crippen molar-refractivity contribution in [2.24, 2.45) is 0 Å². The average Bonchev–Trinajstić information content (AvgIpc) is 2.87. The minimum atomic E-state index is -0.319. The Kier molecular flexibility index (Phi) is 7.92. The third-order valence-electron chi connectivity index (χ3n) is 6.63. The zero-order chi connectivity index (χ0) is 24.8. The van der Waals surface area contributed by atoms with Gasteiger partial charge in [-0.3, -0.25) is 4.79 Å². The van der Waals surface area contributed by atoms with Crippen molar-refractivity contribution < 1.29 is 9.18 Å². The maximum Gasteiger partial charge on any atom is 0.167 e. The van der Waals surface area contributed by atoms with Crippen molar-refractivity contribution in [3.8, 4) is 22.3 Å². The molecule has 0 heterocycles. The van der Waals surface area contributed by atoms with Crippen LogP contribution in [0.2, 0.25) is 0 Å². The van der Waals surface area contributed by atoms with E-state index >= 15 is 4.39 Å². The van der Waals surface area contributed by atoms with Gasteiger partial charge in [0.25, 0.3) is 0 Å². The standard InChI is InChI=1S/C33H33FO/c1-4-6-24-8-14-27(15-9-24)28-16-12-26(13-17-28)22-32(35)30-20-21-31(33(34)23(30)3)29-18-10-25(7-5-2)11-19-29/h8-21H,4-7,22H2,1-3H3. The van der Waals surface area contributed by atoms with E-state index < -0.39 is 0 Å². The predicted molar refractivity (Wildman–Crippen MR) is 144 cm³/mol. The van der Waals surface area contributed by atoms with E-state index in [4.69, 9.17) is 0 Å². The normalized spacial score (nSPS) is 11.0. The molecule has 0 fully saturated rings. The molecule has 0 radical (unpaired) electrons. The molecule has 35 heavy (non-hydrogen) atoms. The molecule has 0 aliphatic heterocycles. The van der Waals surface area contributed by atoms with Gasteiger partial charge in [0.05, 0.1) is 0 Å². The summed E-state index contributed by atoms with van der Waals surface area (Å²) in [5.41, 5.74) is 8.05. The van der Waals surface area contributed by atoms with Crippen LogP contribution in [0.25, 0.3) is 22.3 Å². The van der Waals surface area contributed by atoms with Gasteiger partial charge in [-0.1, -0.05) is 112 Å². The molecule has 0 amide bonds. The number of Topliss-reactive ketones (excluding diaryl/α,β-unsaturated/α-hetero) is 1. The topological polar surface area (TPSA) is 17.1 Å². The number of ketones is 1. The van der Waals surface area contributed by atoms with E-state index in [1.807, 2.05) is 24.3 Å². The third-order valence-corrected chi connectivity index (χ3v) is 6.63. The Labute approximate surface area is 208 Å². The van der Waals surface area contributed by atoms with Crippen molar-refractivity contribution in [3.63, 3.8) is 0 Å². The second kappa shape index (κ2) is 11.3.